The van der Waals surface area contributed by atoms with Crippen molar-refractivity contribution in [3.8, 4) is 22.6 Å². The van der Waals surface area contributed by atoms with Gasteiger partial charge in [-0.1, -0.05) is 163 Å². The summed E-state index contributed by atoms with van der Waals surface area (Å²) < 4.78 is 12.1. The molecule has 0 aliphatic carbocycles. The van der Waals surface area contributed by atoms with Crippen LogP contribution in [0.5, 0.6) is 11.5 Å². The van der Waals surface area contributed by atoms with Gasteiger partial charge in [0.25, 0.3) is 0 Å². The summed E-state index contributed by atoms with van der Waals surface area (Å²) in [6.45, 7) is 7.46. The van der Waals surface area contributed by atoms with Crippen molar-refractivity contribution < 1.29 is 19.1 Å². The van der Waals surface area contributed by atoms with Gasteiger partial charge in [-0.2, -0.15) is 0 Å². The summed E-state index contributed by atoms with van der Waals surface area (Å²) in [4.78, 5) is 25.2. The van der Waals surface area contributed by atoms with Crippen molar-refractivity contribution in [1.82, 2.24) is 0 Å². The molecule has 52 heavy (non-hydrogen) atoms. The minimum absolute atomic E-state index is 0.337. The predicted molar refractivity (Wildman–Crippen MR) is 219 cm³/mol. The van der Waals surface area contributed by atoms with Gasteiger partial charge < -0.3 is 9.47 Å². The lowest BCUT2D eigenvalue weighted by Gasteiger charge is -2.22. The molecule has 0 atom stereocenters. The van der Waals surface area contributed by atoms with Crippen molar-refractivity contribution in [1.29, 1.82) is 0 Å². The molecule has 0 aliphatic rings. The second kappa shape index (κ2) is 17.7. The Balaban J connectivity index is 1.62. The van der Waals surface area contributed by atoms with Gasteiger partial charge in [0.05, 0.1) is 0 Å². The largest absolute Gasteiger partial charge is 0.425 e. The van der Waals surface area contributed by atoms with Gasteiger partial charge in [0, 0.05) is 35.4 Å². The van der Waals surface area contributed by atoms with E-state index in [1.165, 1.54) is 89.2 Å². The molecule has 6 aromatic carbocycles. The highest BCUT2D eigenvalue weighted by Crippen LogP contribution is 2.50. The summed E-state index contributed by atoms with van der Waals surface area (Å²) in [5, 5.41) is 7.80. The number of esters is 2. The lowest BCUT2D eigenvalue weighted by molar-refractivity contribution is -0.132. The van der Waals surface area contributed by atoms with Crippen molar-refractivity contribution in [3.63, 3.8) is 0 Å². The maximum Gasteiger partial charge on any atom is 0.308 e. The Morgan fingerprint density at radius 2 is 0.769 bits per heavy atom. The number of carbonyl (C=O) groups excluding carboxylic acids is 2. The summed E-state index contributed by atoms with van der Waals surface area (Å²) in [6.07, 6.45) is 16.9. The zero-order valence-electron chi connectivity index (χ0n) is 31.6. The molecule has 4 heteroatoms. The van der Waals surface area contributed by atoms with Crippen LogP contribution in [0.1, 0.15) is 116 Å². The van der Waals surface area contributed by atoms with E-state index < -0.39 is 0 Å². The number of hydrogen-bond donors (Lipinski definition) is 0. The van der Waals surface area contributed by atoms with Crippen molar-refractivity contribution in [3.05, 3.63) is 96.1 Å². The van der Waals surface area contributed by atoms with Crippen LogP contribution in [0.2, 0.25) is 0 Å². The molecule has 0 fully saturated rings. The molecule has 270 valence electrons. The SMILES string of the molecule is CCCCCCCCc1ccc2c(OC(C)=O)c3ccccc3c(-c3c4ccccc4c(OC(C)=O)c4ccc(CCCCCCCC)cc34)c2c1. The fourth-order valence-electron chi connectivity index (χ4n) is 7.95. The van der Waals surface area contributed by atoms with Crippen LogP contribution < -0.4 is 9.47 Å². The highest BCUT2D eigenvalue weighted by Gasteiger charge is 2.24. The number of fused-ring (bicyclic) bond motifs is 4. The molecule has 0 saturated carbocycles. The van der Waals surface area contributed by atoms with Gasteiger partial charge in [0.1, 0.15) is 11.5 Å². The molecule has 6 aromatic rings. The van der Waals surface area contributed by atoms with Crippen molar-refractivity contribution >= 4 is 55.0 Å². The fourth-order valence-corrected chi connectivity index (χ4v) is 7.95. The Bertz CT molecular complexity index is 2040. The molecule has 4 nitrogen and oxygen atoms in total. The normalized spacial score (nSPS) is 11.5. The molecule has 0 spiro atoms. The first-order valence-electron chi connectivity index (χ1n) is 19.7. The van der Waals surface area contributed by atoms with E-state index in [0.717, 1.165) is 79.9 Å². The molecule has 0 N–H and O–H groups in total. The maximum absolute atomic E-state index is 12.6. The standard InChI is InChI=1S/C48H54O4/c1-5-7-9-11-13-15-21-35-27-29-41-43(31-35)45(37-23-17-19-25-39(37)47(41)51-33(3)49)46-38-24-18-20-26-40(38)48(52-34(4)50)42-30-28-36(32-44(42)46)22-16-14-12-10-8-6-2/h17-20,23-32H,5-16,21-22H2,1-4H3. The van der Waals surface area contributed by atoms with Gasteiger partial charge in [0.2, 0.25) is 0 Å². The lowest BCUT2D eigenvalue weighted by Crippen LogP contribution is -2.05. The summed E-state index contributed by atoms with van der Waals surface area (Å²) in [5.41, 5.74) is 4.78. The molecule has 6 rings (SSSR count). The van der Waals surface area contributed by atoms with E-state index >= 15 is 0 Å². The minimum atomic E-state index is -0.337. The van der Waals surface area contributed by atoms with Crippen LogP contribution in [-0.4, -0.2) is 11.9 Å². The van der Waals surface area contributed by atoms with Gasteiger partial charge in [-0.05, 0) is 69.5 Å². The van der Waals surface area contributed by atoms with E-state index in [1.807, 2.05) is 12.1 Å². The van der Waals surface area contributed by atoms with Crippen molar-refractivity contribution in [2.75, 3.05) is 0 Å². The number of unbranched alkanes of at least 4 members (excludes halogenated alkanes) is 10. The van der Waals surface area contributed by atoms with E-state index in [9.17, 15) is 9.59 Å². The van der Waals surface area contributed by atoms with Gasteiger partial charge in [-0.25, -0.2) is 0 Å². The summed E-state index contributed by atoms with van der Waals surface area (Å²) in [6, 6.07) is 29.9. The molecule has 0 aliphatic heterocycles. The van der Waals surface area contributed by atoms with Crippen LogP contribution >= 0.6 is 0 Å². The van der Waals surface area contributed by atoms with Gasteiger partial charge in [0.15, 0.2) is 0 Å². The molecule has 0 heterocycles. The smallest absolute Gasteiger partial charge is 0.308 e. The Morgan fingerprint density at radius 3 is 1.15 bits per heavy atom. The number of benzene rings is 6. The molecule has 0 saturated heterocycles. The third kappa shape index (κ3) is 8.33. The van der Waals surface area contributed by atoms with E-state index in [4.69, 9.17) is 9.47 Å². The Hall–Kier alpha value is -4.70. The van der Waals surface area contributed by atoms with Crippen LogP contribution in [0, 0.1) is 0 Å². The molecule has 0 bridgehead atoms. The third-order valence-electron chi connectivity index (χ3n) is 10.5. The van der Waals surface area contributed by atoms with Gasteiger partial charge in [-0.15, -0.1) is 0 Å². The number of hydrogen-bond acceptors (Lipinski definition) is 4. The average Bonchev–Trinajstić information content (AvgIpc) is 3.14. The van der Waals surface area contributed by atoms with Crippen LogP contribution in [0.15, 0.2) is 84.9 Å². The first-order valence-corrected chi connectivity index (χ1v) is 19.7. The van der Waals surface area contributed by atoms with Gasteiger partial charge >= 0.3 is 11.9 Å². The predicted octanol–water partition coefficient (Wildman–Crippen LogP) is 13.6. The molecular weight excluding hydrogens is 641 g/mol. The van der Waals surface area contributed by atoms with Crippen LogP contribution in [0.3, 0.4) is 0 Å². The quantitative estimate of drug-likeness (QED) is 0.0413. The van der Waals surface area contributed by atoms with E-state index in [-0.39, 0.29) is 11.9 Å². The average molecular weight is 695 g/mol. The summed E-state index contributed by atoms with van der Waals surface area (Å²) in [5.74, 6) is 0.524. The van der Waals surface area contributed by atoms with Gasteiger partial charge in [-0.3, -0.25) is 9.59 Å². The second-order valence-corrected chi connectivity index (χ2v) is 14.5. The zero-order valence-corrected chi connectivity index (χ0v) is 31.6. The minimum Gasteiger partial charge on any atom is -0.425 e. The van der Waals surface area contributed by atoms with Crippen molar-refractivity contribution in [2.45, 2.75) is 118 Å². The lowest BCUT2D eigenvalue weighted by atomic mass is 9.84. The zero-order chi connectivity index (χ0) is 36.5. The number of aryl methyl sites for hydroxylation is 2. The van der Waals surface area contributed by atoms with Crippen molar-refractivity contribution in [2.24, 2.45) is 0 Å². The molecule has 0 radical (unpaired) electrons. The first-order chi connectivity index (χ1) is 25.4. The van der Waals surface area contributed by atoms with Crippen LogP contribution in [0.4, 0.5) is 0 Å². The number of ether oxygens (including phenoxy) is 2. The topological polar surface area (TPSA) is 52.6 Å². The number of rotatable bonds is 17. The monoisotopic (exact) mass is 694 g/mol. The summed E-state index contributed by atoms with van der Waals surface area (Å²) in [7, 11) is 0. The molecule has 0 amide bonds. The Kier molecular flexibility index (Phi) is 12.6. The first kappa shape index (κ1) is 37.1. The molecular formula is C48H54O4. The third-order valence-corrected chi connectivity index (χ3v) is 10.5. The summed E-state index contributed by atoms with van der Waals surface area (Å²) >= 11 is 0. The molecule has 0 aromatic heterocycles. The fraction of sp³-hybridized carbons (Fsp3) is 0.375. The Morgan fingerprint density at radius 1 is 0.423 bits per heavy atom. The van der Waals surface area contributed by atoms with Crippen LogP contribution in [0.25, 0.3) is 54.2 Å². The Labute approximate surface area is 309 Å². The second-order valence-electron chi connectivity index (χ2n) is 14.5. The number of carbonyl (C=O) groups is 2. The van der Waals surface area contributed by atoms with E-state index in [0.29, 0.717) is 11.5 Å². The highest BCUT2D eigenvalue weighted by atomic mass is 16.5. The highest BCUT2D eigenvalue weighted by molar-refractivity contribution is 6.27. The van der Waals surface area contributed by atoms with Crippen LogP contribution in [-0.2, 0) is 22.4 Å². The van der Waals surface area contributed by atoms with E-state index in [2.05, 4.69) is 86.6 Å². The maximum atomic E-state index is 12.6. The molecule has 0 unspecified atom stereocenters. The van der Waals surface area contributed by atoms with E-state index in [1.54, 1.807) is 0 Å².